The first-order valence-corrected chi connectivity index (χ1v) is 9.55. The number of furan rings is 1. The third-order valence-electron chi connectivity index (χ3n) is 5.22. The lowest BCUT2D eigenvalue weighted by Crippen LogP contribution is -2.37. The molecule has 142 valence electrons. The molecule has 0 aromatic carbocycles. The number of pyridine rings is 1. The van der Waals surface area contributed by atoms with Gasteiger partial charge in [-0.05, 0) is 25.0 Å². The lowest BCUT2D eigenvalue weighted by molar-refractivity contribution is 0.122. The smallest absolute Gasteiger partial charge is 0.231 e. The van der Waals surface area contributed by atoms with Crippen LogP contribution in [0.15, 0.2) is 28.8 Å². The van der Waals surface area contributed by atoms with Crippen LogP contribution < -0.4 is 10.2 Å². The summed E-state index contributed by atoms with van der Waals surface area (Å²) < 4.78 is 11.5. The summed E-state index contributed by atoms with van der Waals surface area (Å²) in [6.07, 6.45) is 4.14. The molecule has 4 aromatic rings. The van der Waals surface area contributed by atoms with Crippen molar-refractivity contribution in [2.45, 2.75) is 18.8 Å². The molecule has 9 heteroatoms. The van der Waals surface area contributed by atoms with E-state index in [0.717, 1.165) is 41.3 Å². The molecule has 0 atom stereocenters. The Morgan fingerprint density at radius 2 is 2.07 bits per heavy atom. The lowest BCUT2D eigenvalue weighted by atomic mass is 10.3. The molecule has 5 heterocycles. The van der Waals surface area contributed by atoms with Crippen LogP contribution in [0.1, 0.15) is 24.5 Å². The first-order chi connectivity index (χ1) is 13.8. The van der Waals surface area contributed by atoms with Crippen LogP contribution in [0.3, 0.4) is 0 Å². The Hall–Kier alpha value is -3.20. The fraction of sp³-hybridized carbons (Fsp3) is 0.368. The van der Waals surface area contributed by atoms with E-state index in [2.05, 4.69) is 25.4 Å². The molecule has 2 aliphatic rings. The highest BCUT2D eigenvalue weighted by Gasteiger charge is 2.26. The first-order valence-electron chi connectivity index (χ1n) is 9.55. The van der Waals surface area contributed by atoms with Gasteiger partial charge in [-0.2, -0.15) is 10.1 Å². The fourth-order valence-corrected chi connectivity index (χ4v) is 3.62. The molecule has 1 aliphatic heterocycles. The second-order valence-corrected chi connectivity index (χ2v) is 7.21. The van der Waals surface area contributed by atoms with Crippen molar-refractivity contribution in [3.8, 4) is 0 Å². The van der Waals surface area contributed by atoms with Gasteiger partial charge in [-0.15, -0.1) is 0 Å². The summed E-state index contributed by atoms with van der Waals surface area (Å²) in [5, 5.41) is 11.6. The maximum absolute atomic E-state index is 6.02. The monoisotopic (exact) mass is 377 g/mol. The summed E-state index contributed by atoms with van der Waals surface area (Å²) in [5.41, 5.74) is 3.07. The second-order valence-electron chi connectivity index (χ2n) is 7.21. The number of hydrogen-bond donors (Lipinski definition) is 2. The van der Waals surface area contributed by atoms with Crippen LogP contribution in [0.5, 0.6) is 0 Å². The Balaban J connectivity index is 1.46. The number of nitrogens with zero attached hydrogens (tertiary/aromatic N) is 5. The van der Waals surface area contributed by atoms with Crippen LogP contribution in [0.25, 0.3) is 22.2 Å². The number of H-pyrrole nitrogens is 1. The minimum Gasteiger partial charge on any atom is -0.432 e. The molecule has 1 saturated heterocycles. The van der Waals surface area contributed by atoms with Crippen LogP contribution in [-0.2, 0) is 4.74 Å². The number of rotatable bonds is 4. The van der Waals surface area contributed by atoms with E-state index in [-0.39, 0.29) is 0 Å². The van der Waals surface area contributed by atoms with E-state index in [9.17, 15) is 0 Å². The topological polar surface area (TPSA) is 105 Å². The van der Waals surface area contributed by atoms with Crippen molar-refractivity contribution < 1.29 is 9.15 Å². The molecule has 1 aliphatic carbocycles. The van der Waals surface area contributed by atoms with Crippen LogP contribution in [0, 0.1) is 0 Å². The highest BCUT2D eigenvalue weighted by Crippen LogP contribution is 2.40. The van der Waals surface area contributed by atoms with Gasteiger partial charge in [0.15, 0.2) is 11.4 Å². The molecule has 0 bridgehead atoms. The average molecular weight is 377 g/mol. The van der Waals surface area contributed by atoms with E-state index in [4.69, 9.17) is 19.1 Å². The summed E-state index contributed by atoms with van der Waals surface area (Å²) >= 11 is 0. The van der Waals surface area contributed by atoms with E-state index in [0.29, 0.717) is 36.4 Å². The van der Waals surface area contributed by atoms with Crippen LogP contribution in [0.2, 0.25) is 0 Å². The molecule has 2 fully saturated rings. The minimum absolute atomic E-state index is 0.506. The molecule has 2 N–H and O–H groups in total. The molecule has 9 nitrogen and oxygen atoms in total. The summed E-state index contributed by atoms with van der Waals surface area (Å²) in [5.74, 6) is 2.64. The summed E-state index contributed by atoms with van der Waals surface area (Å²) in [6.45, 7) is 2.84. The summed E-state index contributed by atoms with van der Waals surface area (Å²) in [4.78, 5) is 16.0. The van der Waals surface area contributed by atoms with Gasteiger partial charge in [0, 0.05) is 31.3 Å². The Morgan fingerprint density at radius 3 is 2.93 bits per heavy atom. The summed E-state index contributed by atoms with van der Waals surface area (Å²) in [6, 6.07) is 5.89. The van der Waals surface area contributed by atoms with Crippen molar-refractivity contribution in [1.29, 1.82) is 0 Å². The molecule has 6 rings (SSSR count). The molecule has 1 saturated carbocycles. The Kier molecular flexibility index (Phi) is 3.48. The van der Waals surface area contributed by atoms with Gasteiger partial charge >= 0.3 is 0 Å². The Bertz CT molecular complexity index is 1160. The SMILES string of the molecule is c1cnc2oc3c(N4CCOCC4)nc(Nc4cc(C5CC5)n[nH]4)nc3c2c1. The molecule has 4 aromatic heterocycles. The molecule has 0 unspecified atom stereocenters. The van der Waals surface area contributed by atoms with Crippen LogP contribution in [-0.4, -0.2) is 51.5 Å². The van der Waals surface area contributed by atoms with Crippen molar-refractivity contribution in [3.63, 3.8) is 0 Å². The van der Waals surface area contributed by atoms with Gasteiger partial charge in [0.25, 0.3) is 0 Å². The first kappa shape index (κ1) is 15.8. The van der Waals surface area contributed by atoms with Crippen molar-refractivity contribution >= 4 is 39.8 Å². The van der Waals surface area contributed by atoms with Gasteiger partial charge in [-0.3, -0.25) is 5.10 Å². The van der Waals surface area contributed by atoms with Gasteiger partial charge in [0.1, 0.15) is 11.3 Å². The zero-order valence-electron chi connectivity index (χ0n) is 15.2. The number of aromatic amines is 1. The van der Waals surface area contributed by atoms with E-state index in [1.165, 1.54) is 12.8 Å². The largest absolute Gasteiger partial charge is 0.432 e. The Morgan fingerprint density at radius 1 is 1.18 bits per heavy atom. The highest BCUT2D eigenvalue weighted by atomic mass is 16.5. The van der Waals surface area contributed by atoms with Crippen molar-refractivity contribution in [2.24, 2.45) is 0 Å². The van der Waals surface area contributed by atoms with Gasteiger partial charge in [0.2, 0.25) is 11.7 Å². The number of fused-ring (bicyclic) bond motifs is 3. The lowest BCUT2D eigenvalue weighted by Gasteiger charge is -2.27. The second kappa shape index (κ2) is 6.16. The van der Waals surface area contributed by atoms with Crippen molar-refractivity contribution in [3.05, 3.63) is 30.1 Å². The minimum atomic E-state index is 0.506. The van der Waals surface area contributed by atoms with E-state index >= 15 is 0 Å². The highest BCUT2D eigenvalue weighted by molar-refractivity contribution is 6.05. The molecule has 0 amide bonds. The summed E-state index contributed by atoms with van der Waals surface area (Å²) in [7, 11) is 0. The standard InChI is InChI=1S/C19H19N7O2/c1-2-12-15-16(28-18(12)20-5-1)17(26-6-8-27-9-7-26)23-19(22-15)21-14-10-13(24-25-14)11-3-4-11/h1-2,5,10-11H,3-4,6-9H2,(H2,21,22,23,24,25). The van der Waals surface area contributed by atoms with Gasteiger partial charge < -0.3 is 19.4 Å². The predicted octanol–water partition coefficient (Wildman–Crippen LogP) is 2.95. The van der Waals surface area contributed by atoms with Gasteiger partial charge in [-0.1, -0.05) is 0 Å². The predicted molar refractivity (Wildman–Crippen MR) is 104 cm³/mol. The third-order valence-corrected chi connectivity index (χ3v) is 5.22. The van der Waals surface area contributed by atoms with Crippen molar-refractivity contribution in [2.75, 3.05) is 36.5 Å². The number of ether oxygens (including phenoxy) is 1. The van der Waals surface area contributed by atoms with Gasteiger partial charge in [0.05, 0.1) is 24.3 Å². The number of aromatic nitrogens is 5. The number of morpholine rings is 1. The van der Waals surface area contributed by atoms with E-state index < -0.39 is 0 Å². The normalized spacial score (nSPS) is 17.5. The van der Waals surface area contributed by atoms with Crippen molar-refractivity contribution in [1.82, 2.24) is 25.1 Å². The third kappa shape index (κ3) is 2.66. The zero-order valence-corrected chi connectivity index (χ0v) is 15.2. The van der Waals surface area contributed by atoms with Gasteiger partial charge in [-0.25, -0.2) is 9.97 Å². The number of anilines is 3. The molecular formula is C19H19N7O2. The van der Waals surface area contributed by atoms with Crippen LogP contribution >= 0.6 is 0 Å². The molecule has 0 spiro atoms. The number of hydrogen-bond acceptors (Lipinski definition) is 8. The zero-order chi connectivity index (χ0) is 18.5. The quantitative estimate of drug-likeness (QED) is 0.559. The average Bonchev–Trinajstić information content (AvgIpc) is 3.37. The fourth-order valence-electron chi connectivity index (χ4n) is 3.62. The van der Waals surface area contributed by atoms with E-state index in [1.807, 2.05) is 18.2 Å². The molecule has 0 radical (unpaired) electrons. The maximum atomic E-state index is 6.02. The molecular weight excluding hydrogens is 358 g/mol. The van der Waals surface area contributed by atoms with Crippen LogP contribution in [0.4, 0.5) is 17.6 Å². The maximum Gasteiger partial charge on any atom is 0.231 e. The number of nitrogens with one attached hydrogen (secondary N) is 2. The molecule has 28 heavy (non-hydrogen) atoms. The Labute approximate surface area is 160 Å². The van der Waals surface area contributed by atoms with E-state index in [1.54, 1.807) is 6.20 Å².